The van der Waals surface area contributed by atoms with Crippen LogP contribution in [0.25, 0.3) is 266 Å². The largest absolute Gasteiger partial charge is 0.309 e. The Balaban J connectivity index is 0.000000146. The van der Waals surface area contributed by atoms with Crippen molar-refractivity contribution in [2.75, 3.05) is 0 Å². The maximum atomic E-state index is 2.45. The molecule has 0 atom stereocenters. The summed E-state index contributed by atoms with van der Waals surface area (Å²) in [4.78, 5) is 0. The van der Waals surface area contributed by atoms with Crippen molar-refractivity contribution in [3.8, 4) is 179 Å². The van der Waals surface area contributed by atoms with Gasteiger partial charge in [0.2, 0.25) is 0 Å². The lowest BCUT2D eigenvalue weighted by Gasteiger charge is -2.15. The molecule has 148 heavy (non-hydrogen) atoms. The fourth-order valence-electron chi connectivity index (χ4n) is 22.6. The summed E-state index contributed by atoms with van der Waals surface area (Å²) in [6.07, 6.45) is 0. The highest BCUT2D eigenvalue weighted by Gasteiger charge is 2.23. The Hall–Kier alpha value is -19.5. The summed E-state index contributed by atoms with van der Waals surface area (Å²) in [5.41, 5.74) is 47.8. The molecule has 0 unspecified atom stereocenters. The summed E-state index contributed by atoms with van der Waals surface area (Å²) in [6.45, 7) is 0. The number of para-hydroxylation sites is 5. The highest BCUT2D eigenvalue weighted by atomic mass is 15.0. The third kappa shape index (κ3) is 16.2. The lowest BCUT2D eigenvalue weighted by Crippen LogP contribution is -1.97. The average molecular weight is 1880 g/mol. The van der Waals surface area contributed by atoms with Crippen molar-refractivity contribution in [1.82, 2.24) is 18.3 Å². The normalized spacial score (nSPS) is 11.5. The number of aromatic nitrogens is 4. The van der Waals surface area contributed by atoms with Crippen molar-refractivity contribution in [2.45, 2.75) is 0 Å². The van der Waals surface area contributed by atoms with Crippen LogP contribution in [0.2, 0.25) is 0 Å². The number of fused-ring (bicyclic) bond motifs is 12. The zero-order valence-electron chi connectivity index (χ0n) is 81.2. The Labute approximate surface area is 860 Å². The molecule has 24 aromatic carbocycles. The van der Waals surface area contributed by atoms with E-state index in [1.54, 1.807) is 0 Å². The molecule has 0 amide bonds. The lowest BCUT2D eigenvalue weighted by molar-refractivity contribution is 1.18. The van der Waals surface area contributed by atoms with E-state index in [2.05, 4.69) is 601 Å². The Bertz CT molecular complexity index is 9900. The molecular formula is C144H96N4. The van der Waals surface area contributed by atoms with Gasteiger partial charge in [-0.3, -0.25) is 0 Å². The summed E-state index contributed by atoms with van der Waals surface area (Å²) in [6, 6.07) is 213. The first-order chi connectivity index (χ1) is 73.4. The van der Waals surface area contributed by atoms with E-state index in [1.165, 1.54) is 243 Å². The highest BCUT2D eigenvalue weighted by molar-refractivity contribution is 6.16. The maximum Gasteiger partial charge on any atom is 0.0541 e. The molecule has 0 aliphatic carbocycles. The first kappa shape index (κ1) is 87.5. The minimum Gasteiger partial charge on any atom is -0.309 e. The van der Waals surface area contributed by atoms with Crippen molar-refractivity contribution >= 4 is 87.2 Å². The monoisotopic (exact) mass is 1880 g/mol. The van der Waals surface area contributed by atoms with E-state index in [4.69, 9.17) is 0 Å². The molecule has 0 bridgehead atoms. The van der Waals surface area contributed by atoms with Gasteiger partial charge < -0.3 is 18.3 Å². The van der Waals surface area contributed by atoms with Crippen LogP contribution < -0.4 is 0 Å². The van der Waals surface area contributed by atoms with Crippen molar-refractivity contribution in [3.63, 3.8) is 0 Å². The van der Waals surface area contributed by atoms with Gasteiger partial charge in [0, 0.05) is 65.7 Å². The molecule has 4 aromatic heterocycles. The summed E-state index contributed by atoms with van der Waals surface area (Å²) in [5, 5.41) is 9.92. The predicted molar refractivity (Wildman–Crippen MR) is 626 cm³/mol. The van der Waals surface area contributed by atoms with Crippen LogP contribution >= 0.6 is 0 Å². The van der Waals surface area contributed by atoms with E-state index in [0.29, 0.717) is 0 Å². The fourth-order valence-corrected chi connectivity index (χ4v) is 22.6. The van der Waals surface area contributed by atoms with Crippen LogP contribution in [0.3, 0.4) is 0 Å². The van der Waals surface area contributed by atoms with Crippen LogP contribution in [0.1, 0.15) is 0 Å². The second-order valence-corrected chi connectivity index (χ2v) is 38.6. The molecule has 4 heterocycles. The van der Waals surface area contributed by atoms with Gasteiger partial charge in [0.05, 0.1) is 49.8 Å². The highest BCUT2D eigenvalue weighted by Crippen LogP contribution is 2.46. The van der Waals surface area contributed by atoms with Crippen molar-refractivity contribution < 1.29 is 0 Å². The second kappa shape index (κ2) is 37.7. The number of hydrogen-bond acceptors (Lipinski definition) is 0. The first-order valence-electron chi connectivity index (χ1n) is 51.0. The van der Waals surface area contributed by atoms with E-state index in [0.717, 1.165) is 22.7 Å². The minimum atomic E-state index is 1.14. The molecule has 0 N–H and O–H groups in total. The molecule has 28 rings (SSSR count). The number of nitrogens with zero attached hydrogens (tertiary/aromatic N) is 4. The van der Waals surface area contributed by atoms with Gasteiger partial charge in [0.1, 0.15) is 0 Å². The molecule has 28 aromatic rings. The van der Waals surface area contributed by atoms with Gasteiger partial charge in [-0.15, -0.1) is 0 Å². The molecule has 0 radical (unpaired) electrons. The maximum absolute atomic E-state index is 2.45. The van der Waals surface area contributed by atoms with Gasteiger partial charge in [-0.2, -0.15) is 0 Å². The molecule has 0 saturated heterocycles. The zero-order valence-corrected chi connectivity index (χ0v) is 81.2. The van der Waals surface area contributed by atoms with Crippen LogP contribution in [-0.4, -0.2) is 18.3 Å². The average Bonchev–Trinajstić information content (AvgIpc) is 1.58. The van der Waals surface area contributed by atoms with Gasteiger partial charge in [-0.25, -0.2) is 0 Å². The predicted octanol–water partition coefficient (Wildman–Crippen LogP) is 39.1. The van der Waals surface area contributed by atoms with E-state index in [9.17, 15) is 0 Å². The third-order valence-corrected chi connectivity index (χ3v) is 29.9. The van der Waals surface area contributed by atoms with E-state index in [1.807, 2.05) is 0 Å². The quantitative estimate of drug-likeness (QED) is 0.0816. The van der Waals surface area contributed by atoms with Gasteiger partial charge in [0.25, 0.3) is 0 Å². The van der Waals surface area contributed by atoms with Gasteiger partial charge >= 0.3 is 0 Å². The van der Waals surface area contributed by atoms with E-state index in [-0.39, 0.29) is 0 Å². The van der Waals surface area contributed by atoms with Crippen molar-refractivity contribution in [1.29, 1.82) is 0 Å². The first-order valence-corrected chi connectivity index (χ1v) is 51.0. The lowest BCUT2D eigenvalue weighted by atomic mass is 9.92. The van der Waals surface area contributed by atoms with Crippen LogP contribution in [0, 0.1) is 0 Å². The second-order valence-electron chi connectivity index (χ2n) is 38.6. The van der Waals surface area contributed by atoms with Crippen LogP contribution in [-0.2, 0) is 0 Å². The van der Waals surface area contributed by atoms with E-state index >= 15 is 0 Å². The number of rotatable bonds is 18. The van der Waals surface area contributed by atoms with Crippen molar-refractivity contribution in [3.05, 3.63) is 582 Å². The molecule has 0 spiro atoms. The fraction of sp³-hybridized carbons (Fsp3) is 0. The zero-order chi connectivity index (χ0) is 97.9. The van der Waals surface area contributed by atoms with Crippen LogP contribution in [0.5, 0.6) is 0 Å². The molecule has 692 valence electrons. The number of benzene rings is 24. The van der Waals surface area contributed by atoms with Crippen LogP contribution in [0.15, 0.2) is 582 Å². The molecule has 0 fully saturated rings. The number of hydrogen-bond donors (Lipinski definition) is 0. The molecule has 0 saturated carbocycles. The summed E-state index contributed by atoms with van der Waals surface area (Å²) in [5.74, 6) is 0. The van der Waals surface area contributed by atoms with Gasteiger partial charge in [0.15, 0.2) is 0 Å². The minimum absolute atomic E-state index is 1.14. The SMILES string of the molecule is c1ccc(-c2ccc(-c3cccc(-c4cccc(-c5ccc(-c6ccccc6-n6c7ccccc7c7cc(-c8ccc9c(c8)c8ccccc8n9-c8ccc(-c9ccccc9)cc8)ccc76)cc5)c4)c3)cc2)cc1.c1ccc(-c2ccc(-n3c4ccccc4c4cc(-c5ccc6c(c5)c5ccccc5n6-c5cccc(-c6ccc(-c7cccc(-c8cccc(-c9ccccc9-c9ccccc9)c8)c7)cc6)c5)ccc43)cc2)cc1. The Morgan fingerprint density at radius 2 is 0.284 bits per heavy atom. The molecule has 4 nitrogen and oxygen atoms in total. The van der Waals surface area contributed by atoms with Gasteiger partial charge in [-0.1, -0.05) is 443 Å². The molecule has 0 aliphatic heterocycles. The Morgan fingerprint density at radius 3 is 0.642 bits per heavy atom. The standard InChI is InChI=1S/2C72H48N2/c1-3-15-49(16-4-1)51-29-31-53(32-30-51)56-19-13-21-58(45-56)59-22-14-20-57(46-59)54-33-35-55(36-34-54)63-23-7-10-26-68(63)74-70-28-12-9-25-65(70)67-48-61(40-44-72(67)74)60-39-43-71-66(47-60)64-24-8-11-27-69(64)73(71)62-41-37-52(38-42-62)50-17-5-2-6-18-50;1-3-16-49(17-4-1)50-36-40-61(41-37-50)73-69-30-11-9-28-65(69)67-47-58(38-42-71(67)73)59-39-43-72-68(48-59)66-29-10-12-31-70(66)74(72)62-25-15-23-57(46-62)52-34-32-51(33-35-52)54-20-13-21-55(44-54)56-22-14-24-60(45-56)64-27-8-7-26-63(64)53-18-5-2-6-19-53/h2*1-48H. The summed E-state index contributed by atoms with van der Waals surface area (Å²) in [7, 11) is 0. The Morgan fingerprint density at radius 1 is 0.0878 bits per heavy atom. The van der Waals surface area contributed by atoms with Crippen molar-refractivity contribution in [2.24, 2.45) is 0 Å². The summed E-state index contributed by atoms with van der Waals surface area (Å²) < 4.78 is 9.67. The van der Waals surface area contributed by atoms with E-state index < -0.39 is 0 Å². The van der Waals surface area contributed by atoms with Gasteiger partial charge in [-0.05, 0) is 290 Å². The molecule has 0 aliphatic rings. The molecule has 4 heteroatoms. The third-order valence-electron chi connectivity index (χ3n) is 29.9. The Kier molecular flexibility index (Phi) is 22.3. The van der Waals surface area contributed by atoms with Crippen LogP contribution in [0.4, 0.5) is 0 Å². The topological polar surface area (TPSA) is 19.7 Å². The smallest absolute Gasteiger partial charge is 0.0541 e. The molecular weight excluding hydrogens is 1790 g/mol. The summed E-state index contributed by atoms with van der Waals surface area (Å²) >= 11 is 0.